The first kappa shape index (κ1) is 37.2. The highest BCUT2D eigenvalue weighted by atomic mass is 32.2. The van der Waals surface area contributed by atoms with Crippen molar-refractivity contribution in [1.29, 1.82) is 0 Å². The highest BCUT2D eigenvalue weighted by molar-refractivity contribution is 7.94. The molecular formula is C34H22N6O12S3. The number of fused-ring (bicyclic) bond motifs is 3. The molecule has 6 N–H and O–H groups in total. The third kappa shape index (κ3) is 7.11. The molecule has 0 saturated heterocycles. The Kier molecular flexibility index (Phi) is 9.62. The number of carbonyl (C=O) groups is 2. The van der Waals surface area contributed by atoms with Crippen molar-refractivity contribution in [3.05, 3.63) is 108 Å². The topological polar surface area (TPSA) is 280 Å². The predicted molar refractivity (Wildman–Crippen MR) is 197 cm³/mol. The molecule has 6 aromatic rings. The molecule has 0 fully saturated rings. The van der Waals surface area contributed by atoms with E-state index in [2.05, 4.69) is 29.8 Å². The summed E-state index contributed by atoms with van der Waals surface area (Å²) >= 11 is 0.346. The smallest absolute Gasteiger partial charge is 0.296 e. The van der Waals surface area contributed by atoms with Crippen molar-refractivity contribution < 1.29 is 55.3 Å². The van der Waals surface area contributed by atoms with Gasteiger partial charge >= 0.3 is 0 Å². The zero-order valence-corrected chi connectivity index (χ0v) is 29.8. The number of azo groups is 2. The van der Waals surface area contributed by atoms with E-state index in [0.29, 0.717) is 39.9 Å². The Balaban J connectivity index is 1.26. The Labute approximate surface area is 313 Å². The molecule has 7 rings (SSSR count). The minimum atomic E-state index is -4.75. The molecule has 0 radical (unpaired) electrons. The fraction of sp³-hybridized carbons (Fsp3) is 0. The average molecular weight is 803 g/mol. The molecule has 0 aromatic heterocycles. The number of nitrogens with two attached hydrogens (primary N) is 1. The summed E-state index contributed by atoms with van der Waals surface area (Å²) in [5.74, 6) is -1.50. The van der Waals surface area contributed by atoms with Crippen LogP contribution in [0.5, 0.6) is 5.75 Å². The highest BCUT2D eigenvalue weighted by Crippen LogP contribution is 2.46. The first-order chi connectivity index (χ1) is 26.2. The van der Waals surface area contributed by atoms with E-state index in [-0.39, 0.29) is 38.1 Å². The number of hydrogen-bond acceptors (Lipinski definition) is 16. The van der Waals surface area contributed by atoms with Gasteiger partial charge in [0.2, 0.25) is 0 Å². The van der Waals surface area contributed by atoms with Crippen LogP contribution in [-0.4, -0.2) is 48.1 Å². The van der Waals surface area contributed by atoms with Gasteiger partial charge in [-0.3, -0.25) is 18.7 Å². The van der Waals surface area contributed by atoms with Gasteiger partial charge in [0, 0.05) is 16.2 Å². The van der Waals surface area contributed by atoms with E-state index >= 15 is 0 Å². The SMILES string of the molecule is Nc1cc2c(O)c(/N=N/c3ccc(/N=N/c4ccc(N5C(=O)c6ccccc6C5=O)cc4)c4ccc(S(=O)(=O)O)cc34)c(SOOO)cc2cc1S(=O)(=O)O. The molecular weight excluding hydrogens is 781 g/mol. The number of aromatic hydroxyl groups is 1. The van der Waals surface area contributed by atoms with Crippen molar-refractivity contribution in [3.8, 4) is 5.75 Å². The fourth-order valence-corrected chi connectivity index (χ4v) is 7.40. The number of anilines is 2. The molecule has 21 heteroatoms. The van der Waals surface area contributed by atoms with E-state index in [0.717, 1.165) is 29.2 Å². The van der Waals surface area contributed by atoms with E-state index in [1.165, 1.54) is 48.5 Å². The second kappa shape index (κ2) is 14.2. The summed E-state index contributed by atoms with van der Waals surface area (Å²) in [6.07, 6.45) is 0. The molecule has 1 aliphatic heterocycles. The van der Waals surface area contributed by atoms with E-state index in [1.807, 2.05) is 0 Å². The lowest BCUT2D eigenvalue weighted by Crippen LogP contribution is -2.29. The van der Waals surface area contributed by atoms with Gasteiger partial charge in [0.1, 0.15) is 10.6 Å². The van der Waals surface area contributed by atoms with Gasteiger partial charge in [-0.25, -0.2) is 10.2 Å². The number of hydrogen-bond donors (Lipinski definition) is 5. The number of amides is 2. The Bertz CT molecular complexity index is 2850. The highest BCUT2D eigenvalue weighted by Gasteiger charge is 2.36. The molecule has 0 spiro atoms. The summed E-state index contributed by atoms with van der Waals surface area (Å²) < 4.78 is 71.7. The largest absolute Gasteiger partial charge is 0.505 e. The van der Waals surface area contributed by atoms with Gasteiger partial charge in [0.15, 0.2) is 5.75 Å². The lowest BCUT2D eigenvalue weighted by atomic mass is 10.1. The minimum absolute atomic E-state index is 0.0146. The number of rotatable bonds is 10. The number of phenolic OH excluding ortho intramolecular Hbond substituents is 1. The molecule has 0 bridgehead atoms. The van der Waals surface area contributed by atoms with Gasteiger partial charge in [0.25, 0.3) is 32.1 Å². The number of nitrogen functional groups attached to an aromatic ring is 1. The number of phenols is 1. The summed E-state index contributed by atoms with van der Waals surface area (Å²) in [6.45, 7) is 0. The van der Waals surface area contributed by atoms with Crippen molar-refractivity contribution in [2.45, 2.75) is 14.7 Å². The van der Waals surface area contributed by atoms with Gasteiger partial charge in [0.05, 0.1) is 61.4 Å². The average Bonchev–Trinajstić information content (AvgIpc) is 3.41. The van der Waals surface area contributed by atoms with Crippen LogP contribution in [0.1, 0.15) is 20.7 Å². The van der Waals surface area contributed by atoms with Crippen LogP contribution in [0.25, 0.3) is 21.5 Å². The maximum Gasteiger partial charge on any atom is 0.296 e. The van der Waals surface area contributed by atoms with Gasteiger partial charge < -0.3 is 10.8 Å². The van der Waals surface area contributed by atoms with Gasteiger partial charge in [-0.05, 0) is 84.2 Å². The second-order valence-corrected chi connectivity index (χ2v) is 15.1. The number of nitrogens with zero attached hydrogens (tertiary/aromatic N) is 5. The second-order valence-electron chi connectivity index (χ2n) is 11.6. The van der Waals surface area contributed by atoms with E-state index < -0.39 is 53.3 Å². The van der Waals surface area contributed by atoms with Gasteiger partial charge in [-0.15, -0.1) is 19.7 Å². The molecule has 0 aliphatic carbocycles. The number of benzene rings is 6. The summed E-state index contributed by atoms with van der Waals surface area (Å²) in [4.78, 5) is 25.6. The summed E-state index contributed by atoms with van der Waals surface area (Å²) in [5.41, 5.74) is 6.63. The fourth-order valence-electron chi connectivity index (χ4n) is 5.76. The van der Waals surface area contributed by atoms with Gasteiger partial charge in [-0.1, -0.05) is 23.2 Å². The summed E-state index contributed by atoms with van der Waals surface area (Å²) in [7, 11) is -9.45. The third-order valence-electron chi connectivity index (χ3n) is 8.29. The van der Waals surface area contributed by atoms with Crippen molar-refractivity contribution in [2.24, 2.45) is 20.5 Å². The molecule has 1 heterocycles. The van der Waals surface area contributed by atoms with Crippen LogP contribution in [0.15, 0.2) is 132 Å². The number of imide groups is 1. The van der Waals surface area contributed by atoms with Crippen molar-refractivity contribution in [3.63, 3.8) is 0 Å². The van der Waals surface area contributed by atoms with E-state index in [1.54, 1.807) is 24.3 Å². The maximum atomic E-state index is 12.9. The van der Waals surface area contributed by atoms with Crippen LogP contribution in [0.2, 0.25) is 0 Å². The third-order valence-corrected chi connectivity index (χ3v) is 10.7. The Morgan fingerprint density at radius 3 is 1.95 bits per heavy atom. The molecule has 0 atom stereocenters. The lowest BCUT2D eigenvalue weighted by molar-refractivity contribution is -0.432. The first-order valence-corrected chi connectivity index (χ1v) is 18.9. The zero-order chi connectivity index (χ0) is 39.2. The minimum Gasteiger partial charge on any atom is -0.505 e. The van der Waals surface area contributed by atoms with E-state index in [4.69, 9.17) is 11.0 Å². The molecule has 55 heavy (non-hydrogen) atoms. The first-order valence-electron chi connectivity index (χ1n) is 15.3. The van der Waals surface area contributed by atoms with Gasteiger partial charge in [-0.2, -0.15) is 21.9 Å². The molecule has 0 unspecified atom stereocenters. The lowest BCUT2D eigenvalue weighted by Gasteiger charge is -2.13. The van der Waals surface area contributed by atoms with Crippen LogP contribution in [0.3, 0.4) is 0 Å². The van der Waals surface area contributed by atoms with Crippen LogP contribution in [0.4, 0.5) is 34.1 Å². The van der Waals surface area contributed by atoms with Crippen molar-refractivity contribution in [2.75, 3.05) is 10.6 Å². The molecule has 278 valence electrons. The van der Waals surface area contributed by atoms with E-state index in [9.17, 15) is 40.6 Å². The quantitative estimate of drug-likeness (QED) is 0.0168. The summed E-state index contributed by atoms with van der Waals surface area (Å²) in [6, 6.07) is 22.5. The Morgan fingerprint density at radius 1 is 0.691 bits per heavy atom. The zero-order valence-electron chi connectivity index (χ0n) is 27.3. The normalized spacial score (nSPS) is 13.5. The molecule has 0 saturated carbocycles. The van der Waals surface area contributed by atoms with Crippen LogP contribution in [0, 0.1) is 0 Å². The molecule has 6 aromatic carbocycles. The standard InChI is InChI=1S/C34H22N6O12S3/c35-26-16-24-17(14-30(26)55(48,49)50)13-29(53-52-51-44)31(32(24)41)39-38-28-12-11-27(21-10-9-20(15-25(21)28)54(45,46)47)37-36-18-5-7-19(8-6-18)40-33(42)22-3-1-2-4-23(22)34(40)43/h1-16,41,44H,35H2,(H,45,46,47)(H,48,49,50)/b37-36+,39-38+. The van der Waals surface area contributed by atoms with Crippen LogP contribution < -0.4 is 10.6 Å². The van der Waals surface area contributed by atoms with Crippen molar-refractivity contribution in [1.82, 2.24) is 0 Å². The Hall–Kier alpha value is -6.17. The van der Waals surface area contributed by atoms with Crippen LogP contribution >= 0.6 is 12.0 Å². The van der Waals surface area contributed by atoms with Crippen molar-refractivity contribution >= 4 is 99.8 Å². The Morgan fingerprint density at radius 2 is 1.33 bits per heavy atom. The molecule has 1 aliphatic rings. The number of carbonyl (C=O) groups excluding carboxylic acids is 2. The molecule has 18 nitrogen and oxygen atoms in total. The maximum absolute atomic E-state index is 12.9. The summed E-state index contributed by atoms with van der Waals surface area (Å²) in [5, 5.41) is 40.9. The molecule has 2 amide bonds. The monoisotopic (exact) mass is 802 g/mol. The van der Waals surface area contributed by atoms with Crippen LogP contribution in [-0.2, 0) is 29.6 Å². The predicted octanol–water partition coefficient (Wildman–Crippen LogP) is 7.83.